The molecule has 1 saturated carbocycles. The van der Waals surface area contributed by atoms with Crippen molar-refractivity contribution in [3.05, 3.63) is 33.9 Å². The number of benzene rings is 1. The molecule has 1 aliphatic carbocycles. The number of carbonyl (C=O) groups is 1. The molecule has 1 amide bonds. The molecule has 4 N–H and O–H groups in total. The molecule has 7 nitrogen and oxygen atoms in total. The third kappa shape index (κ3) is 5.55. The number of amides is 1. The van der Waals surface area contributed by atoms with Crippen LogP contribution in [0.15, 0.2) is 22.8 Å². The van der Waals surface area contributed by atoms with Gasteiger partial charge in [-0.15, -0.1) is 0 Å². The Morgan fingerprint density at radius 1 is 1.19 bits per heavy atom. The number of nitrogens with one attached hydrogen (secondary N) is 2. The molecular formula is C23H33BrN4O3S. The van der Waals surface area contributed by atoms with Crippen LogP contribution in [0, 0.1) is 0 Å². The van der Waals surface area contributed by atoms with Gasteiger partial charge in [0, 0.05) is 40.7 Å². The summed E-state index contributed by atoms with van der Waals surface area (Å²) in [7, 11) is -3.21. The van der Waals surface area contributed by atoms with Crippen molar-refractivity contribution >= 4 is 42.8 Å². The lowest BCUT2D eigenvalue weighted by molar-refractivity contribution is -0.117. The molecular weight excluding hydrogens is 492 g/mol. The van der Waals surface area contributed by atoms with Gasteiger partial charge in [-0.05, 0) is 67.8 Å². The van der Waals surface area contributed by atoms with Crippen molar-refractivity contribution < 1.29 is 13.2 Å². The topological polar surface area (TPSA) is 108 Å². The van der Waals surface area contributed by atoms with Crippen molar-refractivity contribution in [3.63, 3.8) is 0 Å². The zero-order valence-electron chi connectivity index (χ0n) is 18.4. The quantitative estimate of drug-likeness (QED) is 0.436. The van der Waals surface area contributed by atoms with Gasteiger partial charge in [-0.1, -0.05) is 28.8 Å². The SMILES string of the molecule is NC(=O)Cc1cc(Br)cc2c(C3CCN(S(=O)(=O)CCCNC4CCCC4)CC3)c[nH]c12. The smallest absolute Gasteiger partial charge is 0.221 e. The average molecular weight is 526 g/mol. The second kappa shape index (κ2) is 10.2. The molecule has 2 fully saturated rings. The molecule has 4 rings (SSSR count). The molecule has 0 spiro atoms. The number of H-pyrrole nitrogens is 1. The second-order valence-corrected chi connectivity index (χ2v) is 12.2. The minimum atomic E-state index is -3.21. The van der Waals surface area contributed by atoms with E-state index in [0.29, 0.717) is 25.6 Å². The van der Waals surface area contributed by atoms with Crippen LogP contribution in [0.4, 0.5) is 0 Å². The van der Waals surface area contributed by atoms with Crippen LogP contribution in [-0.4, -0.2) is 55.0 Å². The van der Waals surface area contributed by atoms with Gasteiger partial charge in [-0.25, -0.2) is 12.7 Å². The highest BCUT2D eigenvalue weighted by molar-refractivity contribution is 9.10. The summed E-state index contributed by atoms with van der Waals surface area (Å²) in [5, 5.41) is 4.58. The van der Waals surface area contributed by atoms with Gasteiger partial charge in [-0.3, -0.25) is 4.79 Å². The van der Waals surface area contributed by atoms with Crippen molar-refractivity contribution in [2.75, 3.05) is 25.4 Å². The fourth-order valence-corrected chi connectivity index (χ4v) is 7.26. The summed E-state index contributed by atoms with van der Waals surface area (Å²) in [6.07, 6.45) is 9.44. The highest BCUT2D eigenvalue weighted by Gasteiger charge is 2.29. The maximum Gasteiger partial charge on any atom is 0.221 e. The van der Waals surface area contributed by atoms with Gasteiger partial charge in [0.05, 0.1) is 12.2 Å². The first-order valence-corrected chi connectivity index (χ1v) is 14.0. The lowest BCUT2D eigenvalue weighted by Crippen LogP contribution is -2.40. The highest BCUT2D eigenvalue weighted by Crippen LogP contribution is 2.36. The molecule has 32 heavy (non-hydrogen) atoms. The zero-order valence-corrected chi connectivity index (χ0v) is 20.8. The first kappa shape index (κ1) is 23.7. The van der Waals surface area contributed by atoms with E-state index in [4.69, 9.17) is 5.73 Å². The number of fused-ring (bicyclic) bond motifs is 1. The lowest BCUT2D eigenvalue weighted by atomic mass is 9.89. The summed E-state index contributed by atoms with van der Waals surface area (Å²) in [6.45, 7) is 1.88. The predicted octanol–water partition coefficient (Wildman–Crippen LogP) is 3.39. The van der Waals surface area contributed by atoms with Crippen molar-refractivity contribution in [1.29, 1.82) is 0 Å². The number of hydrogen-bond donors (Lipinski definition) is 3. The number of carbonyl (C=O) groups excluding carboxylic acids is 1. The van der Waals surface area contributed by atoms with E-state index in [9.17, 15) is 13.2 Å². The Balaban J connectivity index is 1.35. The van der Waals surface area contributed by atoms with Crippen LogP contribution >= 0.6 is 15.9 Å². The molecule has 0 radical (unpaired) electrons. The van der Waals surface area contributed by atoms with Crippen LogP contribution in [0.2, 0.25) is 0 Å². The van der Waals surface area contributed by atoms with Crippen molar-refractivity contribution in [2.24, 2.45) is 5.73 Å². The van der Waals surface area contributed by atoms with E-state index in [2.05, 4.69) is 32.3 Å². The summed E-state index contributed by atoms with van der Waals surface area (Å²) < 4.78 is 28.2. The number of sulfonamides is 1. The molecule has 0 bridgehead atoms. The molecule has 1 aromatic carbocycles. The third-order valence-corrected chi connectivity index (χ3v) is 9.30. The first-order valence-electron chi connectivity index (χ1n) is 11.6. The number of primary amides is 1. The Bertz CT molecular complexity index is 1050. The molecule has 2 aliphatic rings. The normalized spacial score (nSPS) is 19.2. The maximum atomic E-state index is 12.8. The van der Waals surface area contributed by atoms with Crippen LogP contribution in [0.3, 0.4) is 0 Å². The average Bonchev–Trinajstić information content (AvgIpc) is 3.41. The molecule has 1 aromatic heterocycles. The minimum absolute atomic E-state index is 0.183. The fraction of sp³-hybridized carbons (Fsp3) is 0.609. The van der Waals surface area contributed by atoms with Gasteiger partial charge in [0.25, 0.3) is 0 Å². The summed E-state index contributed by atoms with van der Waals surface area (Å²) in [5.74, 6) is 0.140. The summed E-state index contributed by atoms with van der Waals surface area (Å²) in [6, 6.07) is 4.56. The van der Waals surface area contributed by atoms with Crippen molar-refractivity contribution in [3.8, 4) is 0 Å². The van der Waals surface area contributed by atoms with Gasteiger partial charge in [0.1, 0.15) is 0 Å². The van der Waals surface area contributed by atoms with Crippen LogP contribution in [0.5, 0.6) is 0 Å². The van der Waals surface area contributed by atoms with E-state index >= 15 is 0 Å². The van der Waals surface area contributed by atoms with Crippen LogP contribution in [0.1, 0.15) is 62.0 Å². The number of aromatic nitrogens is 1. The second-order valence-electron chi connectivity index (χ2n) is 9.15. The van der Waals surface area contributed by atoms with Crippen molar-refractivity contribution in [1.82, 2.24) is 14.6 Å². The fourth-order valence-electron chi connectivity index (χ4n) is 5.22. The van der Waals surface area contributed by atoms with Gasteiger partial charge in [0.2, 0.25) is 15.9 Å². The number of nitrogens with zero attached hydrogens (tertiary/aromatic N) is 1. The van der Waals surface area contributed by atoms with Gasteiger partial charge in [0.15, 0.2) is 0 Å². The highest BCUT2D eigenvalue weighted by atomic mass is 79.9. The van der Waals surface area contributed by atoms with Crippen LogP contribution in [-0.2, 0) is 21.2 Å². The van der Waals surface area contributed by atoms with Crippen LogP contribution < -0.4 is 11.1 Å². The number of piperidine rings is 1. The standard InChI is InChI=1S/C23H33BrN4O3S/c24-18-12-17(13-22(25)29)23-20(14-18)21(15-27-23)16-6-9-28(10-7-16)32(30,31)11-3-8-26-19-4-1-2-5-19/h12,14-16,19,26-27H,1-11,13H2,(H2,25,29). The van der Waals surface area contributed by atoms with E-state index < -0.39 is 10.0 Å². The summed E-state index contributed by atoms with van der Waals surface area (Å²) in [5.41, 5.74) is 8.41. The number of rotatable bonds is 9. The first-order chi connectivity index (χ1) is 15.3. The molecule has 176 valence electrons. The number of halogens is 1. The lowest BCUT2D eigenvalue weighted by Gasteiger charge is -2.31. The number of aromatic amines is 1. The van der Waals surface area contributed by atoms with Crippen molar-refractivity contribution in [2.45, 2.75) is 63.3 Å². The Labute approximate surface area is 198 Å². The zero-order chi connectivity index (χ0) is 22.7. The summed E-state index contributed by atoms with van der Waals surface area (Å²) >= 11 is 3.54. The van der Waals surface area contributed by atoms with E-state index in [-0.39, 0.29) is 24.0 Å². The molecule has 1 aliphatic heterocycles. The number of nitrogens with two attached hydrogens (primary N) is 1. The minimum Gasteiger partial charge on any atom is -0.369 e. The monoisotopic (exact) mass is 524 g/mol. The van der Waals surface area contributed by atoms with Gasteiger partial charge < -0.3 is 16.0 Å². The molecule has 2 heterocycles. The van der Waals surface area contributed by atoms with Gasteiger partial charge in [-0.2, -0.15) is 0 Å². The Morgan fingerprint density at radius 2 is 1.91 bits per heavy atom. The van der Waals surface area contributed by atoms with E-state index in [0.717, 1.165) is 40.3 Å². The Kier molecular flexibility index (Phi) is 7.59. The maximum absolute atomic E-state index is 12.8. The van der Waals surface area contributed by atoms with Gasteiger partial charge >= 0.3 is 0 Å². The van der Waals surface area contributed by atoms with E-state index in [1.54, 1.807) is 4.31 Å². The van der Waals surface area contributed by atoms with E-state index in [1.807, 2.05) is 12.3 Å². The largest absolute Gasteiger partial charge is 0.369 e. The Morgan fingerprint density at radius 3 is 2.59 bits per heavy atom. The molecule has 0 atom stereocenters. The molecule has 9 heteroatoms. The third-order valence-electron chi connectivity index (χ3n) is 6.89. The predicted molar refractivity (Wildman–Crippen MR) is 131 cm³/mol. The number of hydrogen-bond acceptors (Lipinski definition) is 4. The molecule has 0 unspecified atom stereocenters. The van der Waals surface area contributed by atoms with Crippen LogP contribution in [0.25, 0.3) is 10.9 Å². The summed E-state index contributed by atoms with van der Waals surface area (Å²) in [4.78, 5) is 14.8. The van der Waals surface area contributed by atoms with E-state index in [1.165, 1.54) is 31.2 Å². The molecule has 2 aromatic rings. The Hall–Kier alpha value is -1.42. The molecule has 1 saturated heterocycles.